The summed E-state index contributed by atoms with van der Waals surface area (Å²) in [5, 5.41) is 8.06. The predicted molar refractivity (Wildman–Crippen MR) is 69.1 cm³/mol. The molecule has 2 heterocycles. The first kappa shape index (κ1) is 12.6. The molecule has 0 saturated carbocycles. The van der Waals surface area contributed by atoms with Crippen LogP contribution in [0.25, 0.3) is 0 Å². The maximum absolute atomic E-state index is 4.78. The lowest BCUT2D eigenvalue weighted by Gasteiger charge is -2.35. The van der Waals surface area contributed by atoms with Gasteiger partial charge >= 0.3 is 0 Å². The van der Waals surface area contributed by atoms with Crippen molar-refractivity contribution in [3.63, 3.8) is 0 Å². The van der Waals surface area contributed by atoms with Crippen LogP contribution < -0.4 is 5.32 Å². The van der Waals surface area contributed by atoms with Gasteiger partial charge in [-0.3, -0.25) is 4.68 Å². The van der Waals surface area contributed by atoms with Gasteiger partial charge in [0.25, 0.3) is 0 Å². The molecule has 17 heavy (non-hydrogen) atoms. The number of rotatable bonds is 4. The molecule has 96 valence electrons. The summed E-state index contributed by atoms with van der Waals surface area (Å²) in [5.74, 6) is 2.18. The quantitative estimate of drug-likeness (QED) is 0.867. The van der Waals surface area contributed by atoms with Crippen LogP contribution in [0.15, 0.2) is 0 Å². The Bertz CT molecular complexity index is 363. The van der Waals surface area contributed by atoms with Crippen LogP contribution in [0.2, 0.25) is 0 Å². The van der Waals surface area contributed by atoms with Crippen LogP contribution in [0.5, 0.6) is 0 Å². The standard InChI is InChI=1S/C13H24N4/c1-4-7-11-15-12(17(3)16-11)13(5-2)8-6-9-14-10-13/h14H,4-10H2,1-3H3. The van der Waals surface area contributed by atoms with Gasteiger partial charge in [-0.25, -0.2) is 4.98 Å². The fourth-order valence-electron chi connectivity index (χ4n) is 2.85. The molecule has 1 unspecified atom stereocenters. The van der Waals surface area contributed by atoms with Gasteiger partial charge in [0.05, 0.1) is 0 Å². The first-order chi connectivity index (χ1) is 8.22. The number of nitrogens with zero attached hydrogens (tertiary/aromatic N) is 3. The van der Waals surface area contributed by atoms with Gasteiger partial charge in [0.1, 0.15) is 5.82 Å². The Hall–Kier alpha value is -0.900. The minimum atomic E-state index is 0.200. The minimum absolute atomic E-state index is 0.200. The SMILES string of the molecule is CCCc1nc(C2(CC)CCCNC2)n(C)n1. The summed E-state index contributed by atoms with van der Waals surface area (Å²) in [5.41, 5.74) is 0.200. The molecule has 0 spiro atoms. The summed E-state index contributed by atoms with van der Waals surface area (Å²) < 4.78 is 2.00. The van der Waals surface area contributed by atoms with Crippen molar-refractivity contribution in [1.82, 2.24) is 20.1 Å². The van der Waals surface area contributed by atoms with Gasteiger partial charge in [0.2, 0.25) is 0 Å². The molecule has 2 rings (SSSR count). The Labute approximate surface area is 104 Å². The number of nitrogens with one attached hydrogen (secondary N) is 1. The van der Waals surface area contributed by atoms with Crippen molar-refractivity contribution >= 4 is 0 Å². The molecule has 0 amide bonds. The van der Waals surface area contributed by atoms with Gasteiger partial charge in [-0.1, -0.05) is 13.8 Å². The third-order valence-electron chi connectivity index (χ3n) is 3.90. The van der Waals surface area contributed by atoms with E-state index in [1.807, 2.05) is 11.7 Å². The second-order valence-corrected chi connectivity index (χ2v) is 5.14. The molecule has 1 N–H and O–H groups in total. The van der Waals surface area contributed by atoms with Crippen LogP contribution in [0, 0.1) is 0 Å². The van der Waals surface area contributed by atoms with Crippen molar-refractivity contribution in [3.8, 4) is 0 Å². The Morgan fingerprint density at radius 2 is 2.24 bits per heavy atom. The molecule has 0 aromatic carbocycles. The lowest BCUT2D eigenvalue weighted by Crippen LogP contribution is -2.44. The second kappa shape index (κ2) is 5.17. The van der Waals surface area contributed by atoms with Crippen molar-refractivity contribution < 1.29 is 0 Å². The van der Waals surface area contributed by atoms with Gasteiger partial charge in [-0.15, -0.1) is 0 Å². The average molecular weight is 236 g/mol. The fourth-order valence-corrected chi connectivity index (χ4v) is 2.85. The average Bonchev–Trinajstić information content (AvgIpc) is 2.72. The van der Waals surface area contributed by atoms with Crippen molar-refractivity contribution in [2.24, 2.45) is 7.05 Å². The van der Waals surface area contributed by atoms with Gasteiger partial charge < -0.3 is 5.32 Å². The molecule has 4 nitrogen and oxygen atoms in total. The first-order valence-electron chi connectivity index (χ1n) is 6.83. The normalized spacial score (nSPS) is 25.1. The third kappa shape index (κ3) is 2.37. The molecule has 1 aliphatic rings. The maximum atomic E-state index is 4.78. The van der Waals surface area contributed by atoms with E-state index in [-0.39, 0.29) is 5.41 Å². The Morgan fingerprint density at radius 3 is 2.82 bits per heavy atom. The molecule has 0 aliphatic carbocycles. The van der Waals surface area contributed by atoms with Gasteiger partial charge in [0.15, 0.2) is 5.82 Å². The number of aromatic nitrogens is 3. The van der Waals surface area contributed by atoms with Gasteiger partial charge in [-0.05, 0) is 32.2 Å². The molecule has 1 aliphatic heterocycles. The number of piperidine rings is 1. The zero-order chi connectivity index (χ0) is 12.3. The molecular weight excluding hydrogens is 212 g/mol. The molecule has 1 saturated heterocycles. The van der Waals surface area contributed by atoms with E-state index in [1.54, 1.807) is 0 Å². The van der Waals surface area contributed by atoms with Gasteiger partial charge in [-0.2, -0.15) is 5.10 Å². The summed E-state index contributed by atoms with van der Waals surface area (Å²) in [6.45, 7) is 6.62. The number of hydrogen-bond acceptors (Lipinski definition) is 3. The predicted octanol–water partition coefficient (Wildman–Crippen LogP) is 1.80. The van der Waals surface area contributed by atoms with E-state index >= 15 is 0 Å². The summed E-state index contributed by atoms with van der Waals surface area (Å²) >= 11 is 0. The molecular formula is C13H24N4. The molecule has 4 heteroatoms. The van der Waals surface area contributed by atoms with Crippen molar-refractivity contribution in [2.75, 3.05) is 13.1 Å². The summed E-state index contributed by atoms with van der Waals surface area (Å²) in [4.78, 5) is 4.78. The fraction of sp³-hybridized carbons (Fsp3) is 0.846. The zero-order valence-electron chi connectivity index (χ0n) is 11.3. The van der Waals surface area contributed by atoms with E-state index in [0.717, 1.165) is 38.2 Å². The topological polar surface area (TPSA) is 42.7 Å². The smallest absolute Gasteiger partial charge is 0.150 e. The highest BCUT2D eigenvalue weighted by atomic mass is 15.3. The van der Waals surface area contributed by atoms with E-state index < -0.39 is 0 Å². The number of hydrogen-bond donors (Lipinski definition) is 1. The van der Waals surface area contributed by atoms with Crippen molar-refractivity contribution in [1.29, 1.82) is 0 Å². The summed E-state index contributed by atoms with van der Waals surface area (Å²) in [6, 6.07) is 0. The lowest BCUT2D eigenvalue weighted by atomic mass is 9.77. The summed E-state index contributed by atoms with van der Waals surface area (Å²) in [6.07, 6.45) is 5.71. The maximum Gasteiger partial charge on any atom is 0.150 e. The van der Waals surface area contributed by atoms with Crippen LogP contribution in [-0.4, -0.2) is 27.9 Å². The van der Waals surface area contributed by atoms with E-state index in [9.17, 15) is 0 Å². The Balaban J connectivity index is 2.29. The highest BCUT2D eigenvalue weighted by Gasteiger charge is 2.36. The van der Waals surface area contributed by atoms with Crippen molar-refractivity contribution in [3.05, 3.63) is 11.6 Å². The zero-order valence-corrected chi connectivity index (χ0v) is 11.3. The van der Waals surface area contributed by atoms with Crippen LogP contribution in [0.4, 0.5) is 0 Å². The molecule has 0 radical (unpaired) electrons. The Kier molecular flexibility index (Phi) is 3.82. The first-order valence-corrected chi connectivity index (χ1v) is 6.83. The van der Waals surface area contributed by atoms with E-state index in [4.69, 9.17) is 4.98 Å². The second-order valence-electron chi connectivity index (χ2n) is 5.14. The van der Waals surface area contributed by atoms with E-state index in [0.29, 0.717) is 0 Å². The molecule has 1 fully saturated rings. The molecule has 1 atom stereocenters. The molecule has 0 bridgehead atoms. The molecule has 1 aromatic heterocycles. The minimum Gasteiger partial charge on any atom is -0.316 e. The Morgan fingerprint density at radius 1 is 1.41 bits per heavy atom. The van der Waals surface area contributed by atoms with Crippen LogP contribution >= 0.6 is 0 Å². The van der Waals surface area contributed by atoms with E-state index in [1.165, 1.54) is 18.7 Å². The lowest BCUT2D eigenvalue weighted by molar-refractivity contribution is 0.279. The third-order valence-corrected chi connectivity index (χ3v) is 3.90. The highest BCUT2D eigenvalue weighted by molar-refractivity contribution is 5.12. The monoisotopic (exact) mass is 236 g/mol. The largest absolute Gasteiger partial charge is 0.316 e. The molecule has 1 aromatic rings. The number of aryl methyl sites for hydroxylation is 2. The van der Waals surface area contributed by atoms with Crippen LogP contribution in [0.1, 0.15) is 51.2 Å². The van der Waals surface area contributed by atoms with Crippen LogP contribution in [0.3, 0.4) is 0 Å². The highest BCUT2D eigenvalue weighted by Crippen LogP contribution is 2.33. The van der Waals surface area contributed by atoms with Crippen LogP contribution in [-0.2, 0) is 18.9 Å². The summed E-state index contributed by atoms with van der Waals surface area (Å²) in [7, 11) is 2.04. The van der Waals surface area contributed by atoms with Crippen molar-refractivity contribution in [2.45, 2.75) is 51.4 Å². The van der Waals surface area contributed by atoms with Gasteiger partial charge in [0, 0.05) is 25.4 Å². The van der Waals surface area contributed by atoms with E-state index in [2.05, 4.69) is 24.3 Å².